The normalized spacial score (nSPS) is 13.5. The number of para-hydroxylation sites is 2. The molecule has 0 fully saturated rings. The highest BCUT2D eigenvalue weighted by Gasteiger charge is 2.54. The maximum absolute atomic E-state index is 15.0. The summed E-state index contributed by atoms with van der Waals surface area (Å²) in [5.41, 5.74) is 2.50. The zero-order valence-corrected chi connectivity index (χ0v) is 24.8. The summed E-state index contributed by atoms with van der Waals surface area (Å²) in [6.45, 7) is 6.92. The number of rotatable bonds is 9. The van der Waals surface area contributed by atoms with E-state index in [1.165, 1.54) is 6.92 Å². The van der Waals surface area contributed by atoms with Gasteiger partial charge in [0.1, 0.15) is 11.5 Å². The summed E-state index contributed by atoms with van der Waals surface area (Å²) in [5.74, 6) is 0.546. The Bertz CT molecular complexity index is 1530. The molecular weight excluding hydrogens is 585 g/mol. The molecule has 4 aromatic carbocycles. The van der Waals surface area contributed by atoms with Gasteiger partial charge in [0.05, 0.1) is 4.90 Å². The van der Waals surface area contributed by atoms with E-state index in [-0.39, 0.29) is 16.4 Å². The second-order valence-corrected chi connectivity index (χ2v) is 14.0. The van der Waals surface area contributed by atoms with E-state index in [9.17, 15) is 8.42 Å². The van der Waals surface area contributed by atoms with Crippen molar-refractivity contribution in [3.63, 3.8) is 0 Å². The van der Waals surface area contributed by atoms with Crippen molar-refractivity contribution in [1.82, 2.24) is 4.72 Å². The molecule has 6 nitrogen and oxygen atoms in total. The van der Waals surface area contributed by atoms with E-state index in [0.29, 0.717) is 21.2 Å². The van der Waals surface area contributed by atoms with Crippen molar-refractivity contribution in [2.24, 2.45) is 0 Å². The first-order chi connectivity index (χ1) is 17.9. The Balaban J connectivity index is 1.95. The predicted octanol–water partition coefficient (Wildman–Crippen LogP) is 7.88. The fourth-order valence-corrected chi connectivity index (χ4v) is 8.98. The second kappa shape index (κ2) is 11.1. The lowest BCUT2D eigenvalue weighted by Gasteiger charge is -2.37. The smallest absolute Gasteiger partial charge is 0.415 e. The van der Waals surface area contributed by atoms with Crippen LogP contribution in [0.3, 0.4) is 0 Å². The second-order valence-electron chi connectivity index (χ2n) is 9.22. The van der Waals surface area contributed by atoms with Crippen LogP contribution < -0.4 is 13.8 Å². The first-order valence-corrected chi connectivity index (χ1v) is 15.7. The Morgan fingerprint density at radius 1 is 0.763 bits per heavy atom. The highest BCUT2D eigenvalue weighted by molar-refractivity contribution is 9.10. The van der Waals surface area contributed by atoms with Gasteiger partial charge in [-0.3, -0.25) is 0 Å². The Morgan fingerprint density at radius 3 is 1.74 bits per heavy atom. The average molecular weight is 614 g/mol. The van der Waals surface area contributed by atoms with Gasteiger partial charge in [-0.25, -0.2) is 13.0 Å². The summed E-state index contributed by atoms with van der Waals surface area (Å²) in [7, 11) is -8.62. The van der Waals surface area contributed by atoms with Crippen LogP contribution >= 0.6 is 23.5 Å². The fourth-order valence-electron chi connectivity index (χ4n) is 4.41. The Labute approximate surface area is 232 Å². The maximum atomic E-state index is 15.0. The fraction of sp³-hybridized carbons (Fsp3) is 0.172. The molecule has 0 spiro atoms. The van der Waals surface area contributed by atoms with E-state index in [0.717, 1.165) is 5.56 Å². The molecule has 1 atom stereocenters. The van der Waals surface area contributed by atoms with Crippen molar-refractivity contribution in [2.45, 2.75) is 37.9 Å². The number of sulfonamides is 1. The quantitative estimate of drug-likeness (QED) is 0.194. The highest BCUT2D eigenvalue weighted by Crippen LogP contribution is 2.63. The summed E-state index contributed by atoms with van der Waals surface area (Å²) in [6.07, 6.45) is 0. The number of aryl methyl sites for hydroxylation is 3. The molecule has 9 heteroatoms. The van der Waals surface area contributed by atoms with Crippen LogP contribution in [-0.2, 0) is 19.9 Å². The van der Waals surface area contributed by atoms with E-state index < -0.39 is 22.9 Å². The molecule has 0 radical (unpaired) electrons. The SMILES string of the molecule is Cc1cc(C)c(S(=O)(=O)NC(C)(c2cccc(Br)c2)P(=O)(Oc2ccccc2)Oc2ccccc2)c(C)c1. The number of hydrogen-bond donors (Lipinski definition) is 1. The largest absolute Gasteiger partial charge is 0.455 e. The van der Waals surface area contributed by atoms with Gasteiger partial charge in [-0.1, -0.05) is 82.2 Å². The van der Waals surface area contributed by atoms with Crippen LogP contribution in [0.25, 0.3) is 0 Å². The van der Waals surface area contributed by atoms with Crippen molar-refractivity contribution < 1.29 is 22.0 Å². The zero-order valence-electron chi connectivity index (χ0n) is 21.5. The monoisotopic (exact) mass is 613 g/mol. The third-order valence-corrected chi connectivity index (χ3v) is 10.9. The van der Waals surface area contributed by atoms with Gasteiger partial charge in [-0.2, -0.15) is 4.72 Å². The van der Waals surface area contributed by atoms with E-state index in [1.807, 2.05) is 6.92 Å². The predicted molar refractivity (Wildman–Crippen MR) is 154 cm³/mol. The average Bonchev–Trinajstić information content (AvgIpc) is 2.84. The van der Waals surface area contributed by atoms with Gasteiger partial charge in [0.2, 0.25) is 10.0 Å². The van der Waals surface area contributed by atoms with Crippen LogP contribution in [0.4, 0.5) is 0 Å². The summed E-state index contributed by atoms with van der Waals surface area (Å²) >= 11 is 3.46. The molecule has 4 aromatic rings. The van der Waals surface area contributed by atoms with Crippen molar-refractivity contribution >= 4 is 33.5 Å². The van der Waals surface area contributed by atoms with Gasteiger partial charge in [0.25, 0.3) is 0 Å². The molecule has 0 bridgehead atoms. The molecule has 4 rings (SSSR count). The Kier molecular flexibility index (Phi) is 8.19. The molecule has 0 saturated heterocycles. The number of benzene rings is 4. The summed E-state index contributed by atoms with van der Waals surface area (Å²) in [6, 6.07) is 27.7. The van der Waals surface area contributed by atoms with E-state index in [1.54, 1.807) is 111 Å². The number of hydrogen-bond acceptors (Lipinski definition) is 5. The topological polar surface area (TPSA) is 81.7 Å². The minimum Gasteiger partial charge on any atom is -0.415 e. The molecule has 38 heavy (non-hydrogen) atoms. The molecule has 1 N–H and O–H groups in total. The standard InChI is InChI=1S/C29H29BrNO5PS/c1-21-18-22(2)28(23(3)19-21)38(33,34)31-29(4,24-12-11-13-25(30)20-24)37(32,35-26-14-7-5-8-15-26)36-27-16-9-6-10-17-27/h5-20,31H,1-4H3. The van der Waals surface area contributed by atoms with Crippen LogP contribution in [0.1, 0.15) is 29.2 Å². The van der Waals surface area contributed by atoms with Crippen LogP contribution in [0.5, 0.6) is 11.5 Å². The van der Waals surface area contributed by atoms with Gasteiger partial charge >= 0.3 is 7.60 Å². The first-order valence-electron chi connectivity index (χ1n) is 11.9. The summed E-state index contributed by atoms with van der Waals surface area (Å²) < 4.78 is 58.8. The number of halogens is 1. The van der Waals surface area contributed by atoms with Crippen molar-refractivity contribution in [3.8, 4) is 11.5 Å². The molecule has 0 aliphatic heterocycles. The maximum Gasteiger partial charge on any atom is 0.455 e. The Hall–Kier alpha value is -2.90. The summed E-state index contributed by atoms with van der Waals surface area (Å²) in [4.78, 5) is 0.121. The zero-order chi connectivity index (χ0) is 27.6. The molecule has 198 valence electrons. The molecule has 0 aliphatic rings. The van der Waals surface area contributed by atoms with Gasteiger partial charge < -0.3 is 9.05 Å². The van der Waals surface area contributed by atoms with Crippen LogP contribution in [0.15, 0.2) is 106 Å². The molecular formula is C29H29BrNO5PS. The summed E-state index contributed by atoms with van der Waals surface area (Å²) in [5, 5.41) is -1.84. The lowest BCUT2D eigenvalue weighted by Crippen LogP contribution is -2.45. The molecule has 0 aromatic heterocycles. The first kappa shape index (κ1) is 28.1. The van der Waals surface area contributed by atoms with Gasteiger partial charge in [0.15, 0.2) is 5.28 Å². The lowest BCUT2D eigenvalue weighted by molar-refractivity contribution is 0.337. The Morgan fingerprint density at radius 2 is 1.26 bits per heavy atom. The number of nitrogens with one attached hydrogen (secondary N) is 1. The van der Waals surface area contributed by atoms with Crippen LogP contribution in [0, 0.1) is 20.8 Å². The molecule has 0 aliphatic carbocycles. The van der Waals surface area contributed by atoms with E-state index in [4.69, 9.17) is 9.05 Å². The molecule has 0 saturated carbocycles. The lowest BCUT2D eigenvalue weighted by atomic mass is 10.1. The minimum atomic E-state index is -4.39. The van der Waals surface area contributed by atoms with Gasteiger partial charge in [-0.05, 0) is 80.8 Å². The van der Waals surface area contributed by atoms with Crippen molar-refractivity contribution in [1.29, 1.82) is 0 Å². The molecule has 0 heterocycles. The van der Waals surface area contributed by atoms with Crippen LogP contribution in [-0.4, -0.2) is 8.42 Å². The van der Waals surface area contributed by atoms with Gasteiger partial charge in [-0.15, -0.1) is 0 Å². The van der Waals surface area contributed by atoms with Crippen molar-refractivity contribution in [3.05, 3.63) is 124 Å². The highest BCUT2D eigenvalue weighted by atomic mass is 79.9. The van der Waals surface area contributed by atoms with Crippen LogP contribution in [0.2, 0.25) is 0 Å². The third kappa shape index (κ3) is 5.89. The van der Waals surface area contributed by atoms with Crippen molar-refractivity contribution in [2.75, 3.05) is 0 Å². The van der Waals surface area contributed by atoms with E-state index in [2.05, 4.69) is 20.7 Å². The molecule has 1 unspecified atom stereocenters. The molecule has 0 amide bonds. The minimum absolute atomic E-state index is 0.121. The van der Waals surface area contributed by atoms with Gasteiger partial charge in [0, 0.05) is 4.47 Å². The third-order valence-electron chi connectivity index (χ3n) is 6.08. The van der Waals surface area contributed by atoms with E-state index >= 15 is 4.57 Å².